The van der Waals surface area contributed by atoms with E-state index < -0.39 is 23.9 Å². The zero-order chi connectivity index (χ0) is 28.6. The molecule has 0 bridgehead atoms. The van der Waals surface area contributed by atoms with Crippen LogP contribution in [0, 0.1) is 0 Å². The number of hydrogen-bond acceptors (Lipinski definition) is 8. The molecule has 0 aliphatic carbocycles. The van der Waals surface area contributed by atoms with E-state index in [1.54, 1.807) is 62.4 Å². The van der Waals surface area contributed by atoms with Crippen LogP contribution in [0.15, 0.2) is 81.5 Å². The minimum Gasteiger partial charge on any atom is -0.483 e. The Hall–Kier alpha value is -4.97. The highest BCUT2D eigenvalue weighted by Gasteiger charge is 2.32. The number of allylic oxidation sites excluding steroid dienone is 1. The number of carboxylic acids is 1. The molecule has 206 valence electrons. The van der Waals surface area contributed by atoms with E-state index in [-0.39, 0.29) is 18.8 Å². The second-order valence-corrected chi connectivity index (χ2v) is 8.90. The zero-order valence-corrected chi connectivity index (χ0v) is 22.4. The highest BCUT2D eigenvalue weighted by molar-refractivity contribution is 7.80. The molecule has 1 atom stereocenters. The van der Waals surface area contributed by atoms with E-state index in [1.165, 1.54) is 18.3 Å². The molecular formula is C28H26N4O7S. The van der Waals surface area contributed by atoms with Crippen LogP contribution < -0.4 is 20.8 Å². The minimum atomic E-state index is -1.01. The first kappa shape index (κ1) is 28.0. The maximum atomic E-state index is 12.7. The van der Waals surface area contributed by atoms with Gasteiger partial charge in [-0.2, -0.15) is 5.10 Å². The fraction of sp³-hybridized carbons (Fsp3) is 0.179. The Morgan fingerprint density at radius 3 is 2.60 bits per heavy atom. The number of thiocarbonyl (C=S) groups is 1. The van der Waals surface area contributed by atoms with Crippen LogP contribution in [0.25, 0.3) is 11.3 Å². The molecule has 0 spiro atoms. The lowest BCUT2D eigenvalue weighted by atomic mass is 9.95. The van der Waals surface area contributed by atoms with Gasteiger partial charge in [0.15, 0.2) is 11.7 Å². The molecule has 4 N–H and O–H groups in total. The molecule has 40 heavy (non-hydrogen) atoms. The second kappa shape index (κ2) is 12.7. The number of para-hydroxylation sites is 1. The number of nitrogens with zero attached hydrogens (tertiary/aromatic N) is 1. The van der Waals surface area contributed by atoms with Gasteiger partial charge in [-0.15, -0.1) is 0 Å². The second-order valence-electron chi connectivity index (χ2n) is 8.49. The van der Waals surface area contributed by atoms with E-state index in [1.807, 2.05) is 0 Å². The molecule has 1 amide bonds. The van der Waals surface area contributed by atoms with Gasteiger partial charge in [0, 0.05) is 16.8 Å². The third-order valence-electron chi connectivity index (χ3n) is 5.78. The molecule has 2 aromatic carbocycles. The molecule has 0 radical (unpaired) electrons. The number of carbonyl (C=O) groups excluding carboxylic acids is 2. The van der Waals surface area contributed by atoms with Crippen LogP contribution in [0.2, 0.25) is 0 Å². The van der Waals surface area contributed by atoms with Gasteiger partial charge >= 0.3 is 11.9 Å². The van der Waals surface area contributed by atoms with Crippen molar-refractivity contribution in [2.75, 3.05) is 13.2 Å². The molecule has 11 nitrogen and oxygen atoms in total. The number of hydrazone groups is 1. The van der Waals surface area contributed by atoms with Crippen molar-refractivity contribution in [3.63, 3.8) is 0 Å². The molecule has 2 heterocycles. The fourth-order valence-electron chi connectivity index (χ4n) is 3.95. The number of aromatic carboxylic acids is 1. The van der Waals surface area contributed by atoms with Crippen LogP contribution in [-0.2, 0) is 14.3 Å². The number of nitrogens with one attached hydrogen (secondary N) is 3. The van der Waals surface area contributed by atoms with Crippen molar-refractivity contribution < 1.29 is 33.4 Å². The van der Waals surface area contributed by atoms with E-state index in [9.17, 15) is 14.4 Å². The predicted octanol–water partition coefficient (Wildman–Crippen LogP) is 3.53. The summed E-state index contributed by atoms with van der Waals surface area (Å²) in [7, 11) is 0. The number of carbonyl (C=O) groups is 3. The van der Waals surface area contributed by atoms with Gasteiger partial charge in [0.25, 0.3) is 5.91 Å². The summed E-state index contributed by atoms with van der Waals surface area (Å²) in [5.41, 5.74) is 4.77. The third-order valence-corrected chi connectivity index (χ3v) is 6.00. The van der Waals surface area contributed by atoms with Crippen LogP contribution in [0.4, 0.5) is 0 Å². The van der Waals surface area contributed by atoms with E-state index >= 15 is 0 Å². The summed E-state index contributed by atoms with van der Waals surface area (Å²) in [5.74, 6) is -0.751. The Morgan fingerprint density at radius 2 is 1.88 bits per heavy atom. The summed E-state index contributed by atoms with van der Waals surface area (Å²) in [6.07, 6.45) is 1.33. The number of rotatable bonds is 10. The lowest BCUT2D eigenvalue weighted by Crippen LogP contribution is -2.45. The van der Waals surface area contributed by atoms with Gasteiger partial charge in [-0.3, -0.25) is 4.79 Å². The van der Waals surface area contributed by atoms with Crippen molar-refractivity contribution >= 4 is 41.4 Å². The molecule has 0 saturated heterocycles. The number of carboxylic acid groups (broad SMARTS) is 1. The zero-order valence-electron chi connectivity index (χ0n) is 21.6. The average Bonchev–Trinajstić information content (AvgIpc) is 3.40. The molecule has 1 aliphatic rings. The van der Waals surface area contributed by atoms with E-state index in [0.29, 0.717) is 44.8 Å². The lowest BCUT2D eigenvalue weighted by molar-refractivity contribution is -0.139. The number of amides is 1. The SMILES string of the molecule is CCOC(=O)C1=C(C)NC(=S)N[C@@H]1c1ccccc1OCC(=O)NN=Cc1ccc(-c2ccc(C(=O)O)cc2)o1. The maximum Gasteiger partial charge on any atom is 0.338 e. The normalized spacial score (nSPS) is 14.8. The van der Waals surface area contributed by atoms with Gasteiger partial charge in [-0.1, -0.05) is 30.3 Å². The summed E-state index contributed by atoms with van der Waals surface area (Å²) in [6.45, 7) is 3.32. The van der Waals surface area contributed by atoms with Crippen molar-refractivity contribution in [3.05, 3.63) is 88.8 Å². The fourth-order valence-corrected chi connectivity index (χ4v) is 4.23. The number of benzene rings is 2. The van der Waals surface area contributed by atoms with Crippen molar-refractivity contribution in [3.8, 4) is 17.1 Å². The molecule has 1 aliphatic heterocycles. The van der Waals surface area contributed by atoms with Crippen LogP contribution in [0.5, 0.6) is 5.75 Å². The first-order chi connectivity index (χ1) is 19.3. The van der Waals surface area contributed by atoms with Gasteiger partial charge in [-0.05, 0) is 56.4 Å². The van der Waals surface area contributed by atoms with Crippen molar-refractivity contribution in [2.45, 2.75) is 19.9 Å². The maximum absolute atomic E-state index is 12.7. The minimum absolute atomic E-state index is 0.172. The first-order valence-corrected chi connectivity index (χ1v) is 12.6. The standard InChI is InChI=1S/C28H26N4O7S/c1-3-37-27(36)24-16(2)30-28(40)31-25(24)20-6-4-5-7-22(20)38-15-23(33)32-29-14-19-12-13-21(39-19)17-8-10-18(11-9-17)26(34)35/h4-14,25H,3,15H2,1-2H3,(H,32,33)(H,34,35)(H2,30,31,40)/t25-/m1/s1. The Morgan fingerprint density at radius 1 is 1.12 bits per heavy atom. The monoisotopic (exact) mass is 562 g/mol. The number of furan rings is 1. The molecule has 12 heteroatoms. The summed E-state index contributed by atoms with van der Waals surface area (Å²) in [6, 6.07) is 16.0. The van der Waals surface area contributed by atoms with Gasteiger partial charge in [-0.25, -0.2) is 15.0 Å². The van der Waals surface area contributed by atoms with Gasteiger partial charge in [0.05, 0.1) is 30.0 Å². The molecule has 0 unspecified atom stereocenters. The molecule has 4 rings (SSSR count). The highest BCUT2D eigenvalue weighted by atomic mass is 32.1. The van der Waals surface area contributed by atoms with Crippen LogP contribution in [0.1, 0.15) is 41.6 Å². The Balaban J connectivity index is 1.38. The molecule has 0 fully saturated rings. The number of hydrogen-bond donors (Lipinski definition) is 4. The summed E-state index contributed by atoms with van der Waals surface area (Å²) >= 11 is 5.29. The average molecular weight is 563 g/mol. The van der Waals surface area contributed by atoms with E-state index in [4.69, 9.17) is 31.2 Å². The van der Waals surface area contributed by atoms with Crippen molar-refractivity contribution in [2.24, 2.45) is 5.10 Å². The third kappa shape index (κ3) is 6.72. The van der Waals surface area contributed by atoms with Crippen molar-refractivity contribution in [1.82, 2.24) is 16.1 Å². The Kier molecular flexibility index (Phi) is 8.92. The number of ether oxygens (including phenoxy) is 2. The molecule has 1 aromatic heterocycles. The Bertz CT molecular complexity index is 1490. The lowest BCUT2D eigenvalue weighted by Gasteiger charge is -2.30. The molecule has 3 aromatic rings. The van der Waals surface area contributed by atoms with Gasteiger partial charge < -0.3 is 29.6 Å². The van der Waals surface area contributed by atoms with Crippen LogP contribution in [0.3, 0.4) is 0 Å². The van der Waals surface area contributed by atoms with E-state index in [0.717, 1.165) is 0 Å². The largest absolute Gasteiger partial charge is 0.483 e. The van der Waals surface area contributed by atoms with Crippen LogP contribution >= 0.6 is 12.2 Å². The summed E-state index contributed by atoms with van der Waals surface area (Å²) in [4.78, 5) is 36.1. The molecule has 0 saturated carbocycles. The van der Waals surface area contributed by atoms with E-state index in [2.05, 4.69) is 21.2 Å². The van der Waals surface area contributed by atoms with Gasteiger partial charge in [0.1, 0.15) is 17.3 Å². The Labute approximate surface area is 234 Å². The first-order valence-electron chi connectivity index (χ1n) is 12.2. The number of esters is 1. The molecular weight excluding hydrogens is 536 g/mol. The van der Waals surface area contributed by atoms with Crippen LogP contribution in [-0.4, -0.2) is 47.5 Å². The summed E-state index contributed by atoms with van der Waals surface area (Å²) < 4.78 is 16.7. The summed E-state index contributed by atoms with van der Waals surface area (Å²) in [5, 5.41) is 19.3. The highest BCUT2D eigenvalue weighted by Crippen LogP contribution is 2.33. The smallest absolute Gasteiger partial charge is 0.338 e. The van der Waals surface area contributed by atoms with Gasteiger partial charge in [0.2, 0.25) is 0 Å². The topological polar surface area (TPSA) is 151 Å². The van der Waals surface area contributed by atoms with Crippen molar-refractivity contribution in [1.29, 1.82) is 0 Å². The quantitative estimate of drug-likeness (QED) is 0.125. The predicted molar refractivity (Wildman–Crippen MR) is 150 cm³/mol.